The maximum atomic E-state index is 11.9. The number of hydrogen-bond donors (Lipinski definition) is 1. The van der Waals surface area contributed by atoms with Gasteiger partial charge in [0.25, 0.3) is 0 Å². The lowest BCUT2D eigenvalue weighted by molar-refractivity contribution is 0.0596. The van der Waals surface area contributed by atoms with Crippen LogP contribution in [0, 0.1) is 0 Å². The van der Waals surface area contributed by atoms with E-state index in [9.17, 15) is 9.90 Å². The van der Waals surface area contributed by atoms with Gasteiger partial charge in [-0.15, -0.1) is 0 Å². The number of phenols is 1. The van der Waals surface area contributed by atoms with Gasteiger partial charge in [0.2, 0.25) is 0 Å². The summed E-state index contributed by atoms with van der Waals surface area (Å²) in [6, 6.07) is 10.6. The molecule has 0 aliphatic rings. The Balaban J connectivity index is 2.42. The van der Waals surface area contributed by atoms with Gasteiger partial charge in [-0.2, -0.15) is 0 Å². The Labute approximate surface area is 129 Å². The number of carbonyl (C=O) groups excluding carboxylic acids is 1. The second kappa shape index (κ2) is 6.85. The number of carbonyl (C=O) groups is 1. The van der Waals surface area contributed by atoms with Crippen molar-refractivity contribution in [2.24, 2.45) is 0 Å². The fourth-order valence-electron chi connectivity index (χ4n) is 2.22. The van der Waals surface area contributed by atoms with Crippen LogP contribution < -0.4 is 9.47 Å². The molecule has 0 aliphatic heterocycles. The molecule has 5 heteroatoms. The minimum Gasteiger partial charge on any atom is -0.507 e. The van der Waals surface area contributed by atoms with Crippen molar-refractivity contribution in [1.82, 2.24) is 0 Å². The third-order valence-corrected chi connectivity index (χ3v) is 3.35. The monoisotopic (exact) mass is 302 g/mol. The van der Waals surface area contributed by atoms with Crippen molar-refractivity contribution >= 4 is 5.97 Å². The maximum absolute atomic E-state index is 11.9. The van der Waals surface area contributed by atoms with Crippen LogP contribution in [0.1, 0.15) is 21.5 Å². The maximum Gasteiger partial charge on any atom is 0.341 e. The number of phenolic OH excluding ortho intramolecular Hbond substituents is 1. The highest BCUT2D eigenvalue weighted by Crippen LogP contribution is 2.30. The van der Waals surface area contributed by atoms with Crippen molar-refractivity contribution in [1.29, 1.82) is 0 Å². The Morgan fingerprint density at radius 1 is 1.00 bits per heavy atom. The molecule has 0 radical (unpaired) electrons. The van der Waals surface area contributed by atoms with Gasteiger partial charge < -0.3 is 19.3 Å². The molecule has 0 aromatic heterocycles. The highest BCUT2D eigenvalue weighted by atomic mass is 16.5. The molecule has 0 spiro atoms. The first kappa shape index (κ1) is 15.7. The van der Waals surface area contributed by atoms with Gasteiger partial charge in [-0.3, -0.25) is 0 Å². The van der Waals surface area contributed by atoms with Gasteiger partial charge in [0.1, 0.15) is 22.8 Å². The molecule has 0 amide bonds. The van der Waals surface area contributed by atoms with Crippen LogP contribution in [0.2, 0.25) is 0 Å². The van der Waals surface area contributed by atoms with Crippen LogP contribution in [0.15, 0.2) is 36.4 Å². The average molecular weight is 302 g/mol. The lowest BCUT2D eigenvalue weighted by atomic mass is 9.98. The Hall–Kier alpha value is -2.69. The number of hydrogen-bond acceptors (Lipinski definition) is 5. The topological polar surface area (TPSA) is 65.0 Å². The zero-order valence-corrected chi connectivity index (χ0v) is 12.8. The third kappa shape index (κ3) is 3.31. The number of methoxy groups -OCH3 is 3. The Morgan fingerprint density at radius 3 is 2.18 bits per heavy atom. The lowest BCUT2D eigenvalue weighted by Crippen LogP contribution is -2.07. The molecule has 0 saturated heterocycles. The van der Waals surface area contributed by atoms with E-state index in [1.54, 1.807) is 13.2 Å². The first-order valence-electron chi connectivity index (χ1n) is 6.70. The summed E-state index contributed by atoms with van der Waals surface area (Å²) in [6.45, 7) is 0. The summed E-state index contributed by atoms with van der Waals surface area (Å²) in [4.78, 5) is 11.9. The Bertz CT molecular complexity index is 661. The summed E-state index contributed by atoms with van der Waals surface area (Å²) in [7, 11) is 4.39. The summed E-state index contributed by atoms with van der Waals surface area (Å²) < 4.78 is 15.0. The van der Waals surface area contributed by atoms with E-state index in [1.807, 2.05) is 24.3 Å². The standard InChI is InChI=1S/C17H18O5/c1-20-13-6-4-11(5-7-13)8-12-9-14(21-2)10-15(18)16(12)17(19)22-3/h4-7,9-10,18H,8H2,1-3H3. The SMILES string of the molecule is COC(=O)c1c(O)cc(OC)cc1Cc1ccc(OC)cc1. The predicted molar refractivity (Wildman–Crippen MR) is 81.8 cm³/mol. The molecular formula is C17H18O5. The first-order valence-corrected chi connectivity index (χ1v) is 6.70. The van der Waals surface area contributed by atoms with Gasteiger partial charge in [0.05, 0.1) is 21.3 Å². The van der Waals surface area contributed by atoms with E-state index in [0.717, 1.165) is 11.3 Å². The average Bonchev–Trinajstić information content (AvgIpc) is 2.54. The number of rotatable bonds is 5. The quantitative estimate of drug-likeness (QED) is 0.860. The smallest absolute Gasteiger partial charge is 0.341 e. The van der Waals surface area contributed by atoms with Gasteiger partial charge in [-0.25, -0.2) is 4.79 Å². The first-order chi connectivity index (χ1) is 10.6. The number of aromatic hydroxyl groups is 1. The zero-order valence-electron chi connectivity index (χ0n) is 12.8. The van der Waals surface area contributed by atoms with Crippen LogP contribution in [0.25, 0.3) is 0 Å². The molecule has 5 nitrogen and oxygen atoms in total. The molecule has 0 bridgehead atoms. The minimum absolute atomic E-state index is 0.152. The predicted octanol–water partition coefficient (Wildman–Crippen LogP) is 2.79. The lowest BCUT2D eigenvalue weighted by Gasteiger charge is -2.12. The van der Waals surface area contributed by atoms with E-state index in [4.69, 9.17) is 14.2 Å². The highest BCUT2D eigenvalue weighted by Gasteiger charge is 2.19. The molecule has 0 unspecified atom stereocenters. The second-order valence-electron chi connectivity index (χ2n) is 4.70. The zero-order chi connectivity index (χ0) is 16.1. The molecule has 0 fully saturated rings. The molecule has 2 rings (SSSR count). The fraction of sp³-hybridized carbons (Fsp3) is 0.235. The van der Waals surface area contributed by atoms with Crippen molar-refractivity contribution in [2.45, 2.75) is 6.42 Å². The van der Waals surface area contributed by atoms with Crippen LogP contribution >= 0.6 is 0 Å². The van der Waals surface area contributed by atoms with E-state index in [2.05, 4.69) is 0 Å². The van der Waals surface area contributed by atoms with Gasteiger partial charge in [-0.1, -0.05) is 12.1 Å². The van der Waals surface area contributed by atoms with Crippen molar-refractivity contribution in [3.8, 4) is 17.2 Å². The van der Waals surface area contributed by atoms with E-state index >= 15 is 0 Å². The van der Waals surface area contributed by atoms with Crippen LogP contribution in [-0.4, -0.2) is 32.4 Å². The molecule has 22 heavy (non-hydrogen) atoms. The fourth-order valence-corrected chi connectivity index (χ4v) is 2.22. The van der Waals surface area contributed by atoms with Gasteiger partial charge >= 0.3 is 5.97 Å². The van der Waals surface area contributed by atoms with Gasteiger partial charge in [0.15, 0.2) is 0 Å². The summed E-state index contributed by atoms with van der Waals surface area (Å²) in [5.41, 5.74) is 1.76. The molecule has 0 heterocycles. The van der Waals surface area contributed by atoms with Crippen molar-refractivity contribution in [3.63, 3.8) is 0 Å². The summed E-state index contributed by atoms with van der Waals surface area (Å²) >= 11 is 0. The number of ether oxygens (including phenoxy) is 3. The van der Waals surface area contributed by atoms with Crippen LogP contribution in [0.5, 0.6) is 17.2 Å². The highest BCUT2D eigenvalue weighted by molar-refractivity contribution is 5.94. The van der Waals surface area contributed by atoms with Crippen molar-refractivity contribution in [3.05, 3.63) is 53.1 Å². The number of esters is 1. The Kier molecular flexibility index (Phi) is 4.88. The van der Waals surface area contributed by atoms with Gasteiger partial charge in [-0.05, 0) is 35.7 Å². The summed E-state index contributed by atoms with van der Waals surface area (Å²) in [6.07, 6.45) is 0.458. The van der Waals surface area contributed by atoms with Crippen LogP contribution in [0.4, 0.5) is 0 Å². The molecule has 116 valence electrons. The third-order valence-electron chi connectivity index (χ3n) is 3.35. The molecule has 2 aromatic carbocycles. The van der Waals surface area contributed by atoms with Gasteiger partial charge in [0, 0.05) is 6.07 Å². The molecule has 0 saturated carbocycles. The van der Waals surface area contributed by atoms with Crippen LogP contribution in [-0.2, 0) is 11.2 Å². The Morgan fingerprint density at radius 2 is 1.64 bits per heavy atom. The molecule has 0 atom stereocenters. The largest absolute Gasteiger partial charge is 0.507 e. The van der Waals surface area contributed by atoms with E-state index in [1.165, 1.54) is 20.3 Å². The molecule has 0 aliphatic carbocycles. The van der Waals surface area contributed by atoms with E-state index in [0.29, 0.717) is 17.7 Å². The number of benzene rings is 2. The second-order valence-corrected chi connectivity index (χ2v) is 4.70. The summed E-state index contributed by atoms with van der Waals surface area (Å²) in [5, 5.41) is 10.1. The van der Waals surface area contributed by atoms with E-state index in [-0.39, 0.29) is 11.3 Å². The van der Waals surface area contributed by atoms with Crippen molar-refractivity contribution in [2.75, 3.05) is 21.3 Å². The molecular weight excluding hydrogens is 284 g/mol. The minimum atomic E-state index is -0.580. The van der Waals surface area contributed by atoms with Crippen molar-refractivity contribution < 1.29 is 24.1 Å². The molecule has 1 N–H and O–H groups in total. The molecule has 2 aromatic rings. The summed E-state index contributed by atoms with van der Waals surface area (Å²) in [5.74, 6) is 0.498. The normalized spacial score (nSPS) is 10.1. The van der Waals surface area contributed by atoms with Crippen LogP contribution in [0.3, 0.4) is 0 Å². The van der Waals surface area contributed by atoms with E-state index < -0.39 is 5.97 Å².